The van der Waals surface area contributed by atoms with Crippen LogP contribution in [0.5, 0.6) is 0 Å². The minimum Gasteiger partial charge on any atom is -0.444 e. The Morgan fingerprint density at radius 3 is 2.50 bits per heavy atom. The van der Waals surface area contributed by atoms with E-state index in [0.717, 1.165) is 32.1 Å². The molecule has 7 atom stereocenters. The third-order valence-electron chi connectivity index (χ3n) is 9.35. The molecule has 2 aliphatic heterocycles. The fraction of sp³-hybridized carbons (Fsp3) is 0.781. The average molecular weight is 559 g/mol. The van der Waals surface area contributed by atoms with Gasteiger partial charge in [-0.2, -0.15) is 0 Å². The molecular formula is C32H50N2O6. The number of rotatable bonds is 10. The minimum absolute atomic E-state index is 0.0987. The SMILES string of the molecule is COC(C(C)C(=O)CCCC1(C(=O)N2CCCCO2)CC1C1C=CC=CC1C)C1CCCN1C(=O)OC(C)(C)C. The van der Waals surface area contributed by atoms with Crippen LogP contribution in [0.2, 0.25) is 0 Å². The van der Waals surface area contributed by atoms with Crippen LogP contribution in [-0.2, 0) is 23.9 Å². The van der Waals surface area contributed by atoms with Crippen molar-refractivity contribution in [2.45, 2.75) is 104 Å². The predicted molar refractivity (Wildman–Crippen MR) is 153 cm³/mol. The zero-order valence-corrected chi connectivity index (χ0v) is 25.4. The molecule has 2 heterocycles. The van der Waals surface area contributed by atoms with E-state index in [-0.39, 0.29) is 35.7 Å². The molecule has 4 aliphatic rings. The van der Waals surface area contributed by atoms with E-state index in [9.17, 15) is 14.4 Å². The molecule has 0 radical (unpaired) electrons. The van der Waals surface area contributed by atoms with Crippen molar-refractivity contribution in [1.82, 2.24) is 9.96 Å². The first-order valence-electron chi connectivity index (χ1n) is 15.3. The molecule has 7 unspecified atom stereocenters. The van der Waals surface area contributed by atoms with Gasteiger partial charge >= 0.3 is 6.09 Å². The average Bonchev–Trinajstić information content (AvgIpc) is 3.43. The number of nitrogens with zero attached hydrogens (tertiary/aromatic N) is 2. The Hall–Kier alpha value is -2.19. The number of carbonyl (C=O) groups excluding carboxylic acids is 3. The molecule has 0 bridgehead atoms. The first kappa shape index (κ1) is 30.8. The van der Waals surface area contributed by atoms with Crippen LogP contribution in [0.3, 0.4) is 0 Å². The van der Waals surface area contributed by atoms with Crippen molar-refractivity contribution >= 4 is 17.8 Å². The standard InChI is InChI=1S/C32H50N2O6/c1-22-13-7-8-14-24(22)25-21-32(25,29(36)34-19-9-10-20-39-34)17-11-16-27(35)23(2)28(38-6)26-15-12-18-33(26)30(37)40-31(3,4)5/h7-8,13-14,22-26,28H,9-12,15-21H2,1-6H3. The van der Waals surface area contributed by atoms with Gasteiger partial charge in [-0.25, -0.2) is 9.86 Å². The second-order valence-corrected chi connectivity index (χ2v) is 13.3. The second kappa shape index (κ2) is 12.8. The number of ether oxygens (including phenoxy) is 2. The van der Waals surface area contributed by atoms with Crippen LogP contribution in [0.4, 0.5) is 4.79 Å². The molecule has 1 saturated carbocycles. The number of methoxy groups -OCH3 is 1. The minimum atomic E-state index is -0.580. The number of amides is 2. The van der Waals surface area contributed by atoms with Gasteiger partial charge in [0.05, 0.1) is 24.2 Å². The van der Waals surface area contributed by atoms with Gasteiger partial charge < -0.3 is 14.4 Å². The molecule has 0 N–H and O–H groups in total. The van der Waals surface area contributed by atoms with Crippen LogP contribution < -0.4 is 0 Å². The van der Waals surface area contributed by atoms with E-state index in [1.54, 1.807) is 17.1 Å². The van der Waals surface area contributed by atoms with Crippen LogP contribution in [0.1, 0.15) is 86.0 Å². The lowest BCUT2D eigenvalue weighted by Gasteiger charge is -2.35. The Labute approximate surface area is 240 Å². The summed E-state index contributed by atoms with van der Waals surface area (Å²) in [5.41, 5.74) is -1.04. The van der Waals surface area contributed by atoms with Gasteiger partial charge in [-0.1, -0.05) is 38.2 Å². The molecule has 8 nitrogen and oxygen atoms in total. The molecule has 224 valence electrons. The maximum absolute atomic E-state index is 13.8. The summed E-state index contributed by atoms with van der Waals surface area (Å²) >= 11 is 0. The fourth-order valence-electron chi connectivity index (χ4n) is 7.08. The summed E-state index contributed by atoms with van der Waals surface area (Å²) in [6, 6.07) is -0.191. The van der Waals surface area contributed by atoms with E-state index >= 15 is 0 Å². The van der Waals surface area contributed by atoms with Crippen LogP contribution in [0, 0.1) is 29.1 Å². The first-order chi connectivity index (χ1) is 19.0. The van der Waals surface area contributed by atoms with Crippen molar-refractivity contribution in [2.75, 3.05) is 26.8 Å². The van der Waals surface area contributed by atoms with Gasteiger partial charge in [0.2, 0.25) is 0 Å². The van der Waals surface area contributed by atoms with E-state index in [2.05, 4.69) is 31.2 Å². The number of hydrogen-bond donors (Lipinski definition) is 0. The molecule has 0 spiro atoms. The number of allylic oxidation sites excluding steroid dienone is 4. The number of likely N-dealkylation sites (tertiary alicyclic amines) is 1. The highest BCUT2D eigenvalue weighted by atomic mass is 16.7. The molecule has 8 heteroatoms. The van der Waals surface area contributed by atoms with Gasteiger partial charge in [-0.3, -0.25) is 14.4 Å². The highest BCUT2D eigenvalue weighted by Crippen LogP contribution is 2.63. The molecule has 0 aromatic heterocycles. The summed E-state index contributed by atoms with van der Waals surface area (Å²) in [7, 11) is 1.62. The van der Waals surface area contributed by atoms with Gasteiger partial charge in [-0.05, 0) is 83.5 Å². The Balaban J connectivity index is 1.38. The van der Waals surface area contributed by atoms with E-state index in [0.29, 0.717) is 50.8 Å². The predicted octanol–water partition coefficient (Wildman–Crippen LogP) is 5.72. The molecule has 0 aromatic carbocycles. The monoisotopic (exact) mass is 558 g/mol. The zero-order valence-electron chi connectivity index (χ0n) is 25.4. The van der Waals surface area contributed by atoms with Crippen molar-refractivity contribution in [1.29, 1.82) is 0 Å². The van der Waals surface area contributed by atoms with Crippen molar-refractivity contribution in [3.63, 3.8) is 0 Å². The van der Waals surface area contributed by atoms with Crippen molar-refractivity contribution < 1.29 is 28.7 Å². The summed E-state index contributed by atoms with van der Waals surface area (Å²) in [6.07, 6.45) is 14.0. The number of Topliss-reactive ketones (excluding diaryl/α,β-unsaturated/α-hetero) is 1. The highest BCUT2D eigenvalue weighted by Gasteiger charge is 2.63. The molecule has 2 aliphatic carbocycles. The quantitative estimate of drug-likeness (QED) is 0.341. The number of ketones is 1. The molecule has 40 heavy (non-hydrogen) atoms. The summed E-state index contributed by atoms with van der Waals surface area (Å²) in [5.74, 6) is 0.827. The summed E-state index contributed by atoms with van der Waals surface area (Å²) < 4.78 is 11.5. The summed E-state index contributed by atoms with van der Waals surface area (Å²) in [4.78, 5) is 47.6. The topological polar surface area (TPSA) is 85.4 Å². The maximum atomic E-state index is 13.8. The van der Waals surface area contributed by atoms with Crippen LogP contribution in [0.15, 0.2) is 24.3 Å². The zero-order chi connectivity index (χ0) is 29.1. The van der Waals surface area contributed by atoms with E-state index < -0.39 is 17.1 Å². The Kier molecular flexibility index (Phi) is 9.82. The molecule has 2 saturated heterocycles. The first-order valence-corrected chi connectivity index (χ1v) is 15.3. The molecule has 0 aromatic rings. The van der Waals surface area contributed by atoms with Crippen molar-refractivity contribution in [3.8, 4) is 0 Å². The number of carbonyl (C=O) groups is 3. The van der Waals surface area contributed by atoms with Crippen molar-refractivity contribution in [3.05, 3.63) is 24.3 Å². The Morgan fingerprint density at radius 1 is 1.10 bits per heavy atom. The molecule has 4 rings (SSSR count). The molecule has 3 fully saturated rings. The Morgan fingerprint density at radius 2 is 1.85 bits per heavy atom. The largest absolute Gasteiger partial charge is 0.444 e. The lowest BCUT2D eigenvalue weighted by Crippen LogP contribution is -2.49. The summed E-state index contributed by atoms with van der Waals surface area (Å²) in [5, 5.41) is 1.60. The smallest absolute Gasteiger partial charge is 0.410 e. The van der Waals surface area contributed by atoms with Crippen LogP contribution in [-0.4, -0.2) is 72.3 Å². The van der Waals surface area contributed by atoms with E-state index in [4.69, 9.17) is 14.3 Å². The van der Waals surface area contributed by atoms with Gasteiger partial charge in [-0.15, -0.1) is 0 Å². The Bertz CT molecular complexity index is 980. The van der Waals surface area contributed by atoms with Gasteiger partial charge in [0.15, 0.2) is 0 Å². The molecular weight excluding hydrogens is 508 g/mol. The van der Waals surface area contributed by atoms with Gasteiger partial charge in [0.25, 0.3) is 5.91 Å². The van der Waals surface area contributed by atoms with Gasteiger partial charge in [0, 0.05) is 32.5 Å². The fourth-order valence-corrected chi connectivity index (χ4v) is 7.08. The van der Waals surface area contributed by atoms with E-state index in [1.165, 1.54) is 0 Å². The number of hydrogen-bond acceptors (Lipinski definition) is 6. The highest BCUT2D eigenvalue weighted by molar-refractivity contribution is 5.86. The lowest BCUT2D eigenvalue weighted by atomic mass is 9.80. The van der Waals surface area contributed by atoms with Crippen molar-refractivity contribution in [2.24, 2.45) is 29.1 Å². The summed E-state index contributed by atoms with van der Waals surface area (Å²) in [6.45, 7) is 11.5. The van der Waals surface area contributed by atoms with Crippen LogP contribution in [0.25, 0.3) is 0 Å². The third kappa shape index (κ3) is 6.81. The second-order valence-electron chi connectivity index (χ2n) is 13.3. The molecule has 2 amide bonds. The number of hydroxylamine groups is 2. The maximum Gasteiger partial charge on any atom is 0.410 e. The van der Waals surface area contributed by atoms with Gasteiger partial charge in [0.1, 0.15) is 11.4 Å². The third-order valence-corrected chi connectivity index (χ3v) is 9.35. The lowest BCUT2D eigenvalue weighted by molar-refractivity contribution is -0.203. The normalized spacial score (nSPS) is 31.6. The van der Waals surface area contributed by atoms with E-state index in [1.807, 2.05) is 27.7 Å². The van der Waals surface area contributed by atoms with Crippen LogP contribution >= 0.6 is 0 Å².